The number of nitrogens with zero attached hydrogens (tertiary/aromatic N) is 8. The zero-order valence-corrected chi connectivity index (χ0v) is 32.6. The van der Waals surface area contributed by atoms with Crippen molar-refractivity contribution in [3.63, 3.8) is 0 Å². The maximum atomic E-state index is 14.2. The van der Waals surface area contributed by atoms with E-state index in [9.17, 15) is 27.2 Å². The van der Waals surface area contributed by atoms with Gasteiger partial charge in [-0.05, 0) is 85.6 Å². The Morgan fingerprint density at radius 2 is 1.15 bits per heavy atom. The SMILES string of the molecule is CNC(=O)Cn1cc2nccc(Nc3cc(-c4cc(F)ccc4F)ncc3C)c2n1.CNC(=O)Cn1ncc2nccc(Nc3cc(-c4cc(F)ccc4F)ncc3C)c21. The minimum Gasteiger partial charge on any atom is -0.358 e. The van der Waals surface area contributed by atoms with Gasteiger partial charge >= 0.3 is 0 Å². The number of carbonyl (C=O) groups is 2. The fraction of sp³-hybridized carbons (Fsp3) is 0.143. The monoisotopic (exact) mass is 816 g/mol. The van der Waals surface area contributed by atoms with E-state index in [1.807, 2.05) is 13.8 Å². The van der Waals surface area contributed by atoms with Gasteiger partial charge in [0.2, 0.25) is 11.8 Å². The van der Waals surface area contributed by atoms with Gasteiger partial charge in [0.05, 0.1) is 35.2 Å². The van der Waals surface area contributed by atoms with Crippen molar-refractivity contribution in [1.29, 1.82) is 0 Å². The van der Waals surface area contributed by atoms with E-state index in [2.05, 4.69) is 51.4 Å². The molecule has 8 rings (SSSR count). The lowest BCUT2D eigenvalue weighted by atomic mass is 10.1. The largest absolute Gasteiger partial charge is 0.358 e. The molecule has 0 fully saturated rings. The van der Waals surface area contributed by atoms with Crippen LogP contribution in [0.4, 0.5) is 40.3 Å². The van der Waals surface area contributed by atoms with E-state index in [0.29, 0.717) is 56.2 Å². The summed E-state index contributed by atoms with van der Waals surface area (Å²) in [6.45, 7) is 3.81. The van der Waals surface area contributed by atoms with Gasteiger partial charge in [-0.25, -0.2) is 17.6 Å². The molecule has 0 aliphatic carbocycles. The Morgan fingerprint density at radius 3 is 1.73 bits per heavy atom. The molecule has 0 saturated carbocycles. The molecule has 2 amide bonds. The number of fused-ring (bicyclic) bond motifs is 2. The first-order valence-electron chi connectivity index (χ1n) is 18.3. The second kappa shape index (κ2) is 17.4. The van der Waals surface area contributed by atoms with E-state index < -0.39 is 23.3 Å². The van der Waals surface area contributed by atoms with Crippen LogP contribution in [-0.2, 0) is 22.7 Å². The van der Waals surface area contributed by atoms with Crippen LogP contribution >= 0.6 is 0 Å². The Labute approximate surface area is 339 Å². The minimum absolute atomic E-state index is 0.0372. The maximum Gasteiger partial charge on any atom is 0.241 e. The Bertz CT molecular complexity index is 2890. The van der Waals surface area contributed by atoms with Crippen LogP contribution in [0.5, 0.6) is 0 Å². The molecule has 60 heavy (non-hydrogen) atoms. The first-order valence-corrected chi connectivity index (χ1v) is 18.3. The number of likely N-dealkylation sites (N-methyl/N-ethyl adjacent to an activating group) is 2. The topological polar surface area (TPSA) is 169 Å². The lowest BCUT2D eigenvalue weighted by molar-refractivity contribution is -0.122. The van der Waals surface area contributed by atoms with Gasteiger partial charge in [-0.3, -0.25) is 38.9 Å². The lowest BCUT2D eigenvalue weighted by Crippen LogP contribution is -2.24. The zero-order valence-electron chi connectivity index (χ0n) is 32.6. The van der Waals surface area contributed by atoms with Crippen LogP contribution in [0.15, 0.2) is 97.8 Å². The fourth-order valence-electron chi connectivity index (χ4n) is 6.12. The molecule has 0 bridgehead atoms. The molecule has 0 unspecified atom stereocenters. The number of aromatic nitrogens is 8. The van der Waals surface area contributed by atoms with Crippen molar-refractivity contribution in [3.05, 3.63) is 132 Å². The number of anilines is 4. The highest BCUT2D eigenvalue weighted by Crippen LogP contribution is 2.32. The molecule has 6 heterocycles. The van der Waals surface area contributed by atoms with Crippen LogP contribution in [0.1, 0.15) is 11.1 Å². The number of aryl methyl sites for hydroxylation is 2. The minimum atomic E-state index is -0.561. The summed E-state index contributed by atoms with van der Waals surface area (Å²) < 4.78 is 58.7. The summed E-state index contributed by atoms with van der Waals surface area (Å²) in [4.78, 5) is 40.5. The number of carbonyl (C=O) groups excluding carboxylic acids is 2. The molecule has 8 aromatic rings. The molecule has 0 aliphatic heterocycles. The third-order valence-electron chi connectivity index (χ3n) is 9.29. The number of nitrogens with one attached hydrogen (secondary N) is 4. The van der Waals surface area contributed by atoms with Crippen LogP contribution in [0.3, 0.4) is 0 Å². The molecule has 0 aliphatic rings. The van der Waals surface area contributed by atoms with Crippen LogP contribution in [0.2, 0.25) is 0 Å². The summed E-state index contributed by atoms with van der Waals surface area (Å²) >= 11 is 0. The fourth-order valence-corrected chi connectivity index (χ4v) is 6.12. The third kappa shape index (κ3) is 8.86. The number of amides is 2. The van der Waals surface area contributed by atoms with Crippen molar-refractivity contribution in [2.75, 3.05) is 24.7 Å². The highest BCUT2D eigenvalue weighted by atomic mass is 19.1. The Morgan fingerprint density at radius 1 is 0.617 bits per heavy atom. The summed E-state index contributed by atoms with van der Waals surface area (Å²) in [5.74, 6) is -2.58. The van der Waals surface area contributed by atoms with Crippen molar-refractivity contribution in [3.8, 4) is 22.5 Å². The van der Waals surface area contributed by atoms with Crippen LogP contribution in [-0.4, -0.2) is 65.4 Å². The standard InChI is InChI=1S/2C21H18F2N6O/c1-12-9-26-18(14-7-13(22)3-4-15(14)23)8-17(12)27-16-5-6-25-19-10-29(28-21(16)19)11-20(30)24-2;1-12-9-26-18(14-7-13(22)3-4-15(14)23)8-17(12)28-16-5-6-25-19-10-27-29(21(16)19)11-20(30)24-2/h3-10H,11H2,1-2H3,(H,24,30)(H,26,27);3-10H,11H2,1-2H3,(H,24,30)(H,25,26,28). The van der Waals surface area contributed by atoms with Crippen molar-refractivity contribution < 1.29 is 27.2 Å². The smallest absolute Gasteiger partial charge is 0.241 e. The quantitative estimate of drug-likeness (QED) is 0.104. The molecular formula is C42H36F4N12O2. The summed E-state index contributed by atoms with van der Waals surface area (Å²) in [6.07, 6.45) is 9.69. The van der Waals surface area contributed by atoms with Gasteiger partial charge in [-0.15, -0.1) is 0 Å². The van der Waals surface area contributed by atoms with Gasteiger partial charge in [-0.2, -0.15) is 10.2 Å². The molecule has 2 aromatic carbocycles. The molecule has 304 valence electrons. The summed E-state index contributed by atoms with van der Waals surface area (Å²) in [7, 11) is 3.11. The molecule has 18 heteroatoms. The van der Waals surface area contributed by atoms with Gasteiger partial charge in [-0.1, -0.05) is 0 Å². The van der Waals surface area contributed by atoms with Crippen LogP contribution in [0.25, 0.3) is 44.6 Å². The Kier molecular flexibility index (Phi) is 11.7. The number of halogens is 4. The molecule has 0 atom stereocenters. The summed E-state index contributed by atoms with van der Waals surface area (Å²) in [5.41, 5.74) is 7.47. The van der Waals surface area contributed by atoms with Crippen LogP contribution in [0, 0.1) is 37.1 Å². The highest BCUT2D eigenvalue weighted by Gasteiger charge is 2.16. The zero-order chi connectivity index (χ0) is 42.5. The van der Waals surface area contributed by atoms with Gasteiger partial charge < -0.3 is 21.3 Å². The molecule has 14 nitrogen and oxygen atoms in total. The number of hydrogen-bond acceptors (Lipinski definition) is 10. The summed E-state index contributed by atoms with van der Waals surface area (Å²) in [6, 6.07) is 13.3. The van der Waals surface area contributed by atoms with Crippen molar-refractivity contribution in [2.45, 2.75) is 26.9 Å². The molecular weight excluding hydrogens is 781 g/mol. The molecule has 0 radical (unpaired) electrons. The highest BCUT2D eigenvalue weighted by molar-refractivity contribution is 5.92. The van der Waals surface area contributed by atoms with Crippen LogP contribution < -0.4 is 21.3 Å². The molecule has 4 N–H and O–H groups in total. The molecule has 0 spiro atoms. The molecule has 6 aromatic heterocycles. The van der Waals surface area contributed by atoms with Crippen molar-refractivity contribution >= 4 is 56.6 Å². The number of rotatable bonds is 10. The van der Waals surface area contributed by atoms with Crippen molar-refractivity contribution in [1.82, 2.24) is 50.1 Å². The number of benzene rings is 2. The Balaban J connectivity index is 0.000000181. The number of pyridine rings is 4. The average Bonchev–Trinajstić information content (AvgIpc) is 3.86. The van der Waals surface area contributed by atoms with Gasteiger partial charge in [0.25, 0.3) is 0 Å². The first-order chi connectivity index (χ1) is 28.9. The normalized spacial score (nSPS) is 10.9. The van der Waals surface area contributed by atoms with Crippen molar-refractivity contribution in [2.24, 2.45) is 0 Å². The maximum absolute atomic E-state index is 14.2. The Hall–Kier alpha value is -7.76. The predicted molar refractivity (Wildman–Crippen MR) is 218 cm³/mol. The first kappa shape index (κ1) is 40.4. The number of hydrogen-bond donors (Lipinski definition) is 4. The van der Waals surface area contributed by atoms with E-state index in [0.717, 1.165) is 47.5 Å². The van der Waals surface area contributed by atoms with E-state index in [1.54, 1.807) is 80.2 Å². The third-order valence-corrected chi connectivity index (χ3v) is 9.29. The second-order valence-corrected chi connectivity index (χ2v) is 13.4. The van der Waals surface area contributed by atoms with E-state index in [1.165, 1.54) is 4.68 Å². The van der Waals surface area contributed by atoms with E-state index in [-0.39, 0.29) is 36.0 Å². The van der Waals surface area contributed by atoms with Gasteiger partial charge in [0, 0.05) is 61.4 Å². The molecule has 0 saturated heterocycles. The van der Waals surface area contributed by atoms with E-state index >= 15 is 0 Å². The average molecular weight is 817 g/mol. The second-order valence-electron chi connectivity index (χ2n) is 13.4. The summed E-state index contributed by atoms with van der Waals surface area (Å²) in [5, 5.41) is 20.4. The van der Waals surface area contributed by atoms with Gasteiger partial charge in [0.1, 0.15) is 58.4 Å². The predicted octanol–water partition coefficient (Wildman–Crippen LogP) is 7.14. The van der Waals surface area contributed by atoms with E-state index in [4.69, 9.17) is 0 Å². The van der Waals surface area contributed by atoms with Gasteiger partial charge in [0.15, 0.2) is 0 Å². The lowest BCUT2D eigenvalue weighted by Gasteiger charge is -2.13.